The number of hydrogen-bond acceptors (Lipinski definition) is 3. The van der Waals surface area contributed by atoms with Crippen molar-refractivity contribution in [3.63, 3.8) is 0 Å². The van der Waals surface area contributed by atoms with Crippen molar-refractivity contribution in [3.8, 4) is 0 Å². The maximum Gasteiger partial charge on any atom is 0.310 e. The third-order valence-corrected chi connectivity index (χ3v) is 3.75. The van der Waals surface area contributed by atoms with Crippen LogP contribution in [0, 0.1) is 0 Å². The maximum atomic E-state index is 11.9. The zero-order valence-electron chi connectivity index (χ0n) is 12.2. The van der Waals surface area contributed by atoms with E-state index in [0.717, 1.165) is 31.4 Å². The van der Waals surface area contributed by atoms with Gasteiger partial charge in [-0.1, -0.05) is 12.1 Å². The standard InChI is InChI=1S/C16H21NO4/c1-11(16(19)20)12-5-7-13(8-6-12)17-15(18)10-14-4-2-3-9-21-14/h5-8,11,14H,2-4,9-10H2,1H3,(H,17,18)(H,19,20). The van der Waals surface area contributed by atoms with Crippen LogP contribution in [0.2, 0.25) is 0 Å². The second-order valence-corrected chi connectivity index (χ2v) is 5.42. The number of carboxylic acids is 1. The molecule has 1 fully saturated rings. The predicted molar refractivity (Wildman–Crippen MR) is 79.3 cm³/mol. The monoisotopic (exact) mass is 291 g/mol. The number of carbonyl (C=O) groups excluding carboxylic acids is 1. The van der Waals surface area contributed by atoms with Crippen molar-refractivity contribution < 1.29 is 19.4 Å². The Morgan fingerprint density at radius 1 is 1.33 bits per heavy atom. The van der Waals surface area contributed by atoms with Crippen molar-refractivity contribution in [2.45, 2.75) is 44.6 Å². The van der Waals surface area contributed by atoms with Crippen LogP contribution in [0.25, 0.3) is 0 Å². The molecule has 1 aromatic carbocycles. The molecule has 2 N–H and O–H groups in total. The number of nitrogens with one attached hydrogen (secondary N) is 1. The largest absolute Gasteiger partial charge is 0.481 e. The smallest absolute Gasteiger partial charge is 0.310 e. The van der Waals surface area contributed by atoms with Crippen LogP contribution >= 0.6 is 0 Å². The Bertz CT molecular complexity index is 492. The molecule has 1 amide bonds. The highest BCUT2D eigenvalue weighted by atomic mass is 16.5. The van der Waals surface area contributed by atoms with Crippen molar-refractivity contribution in [2.24, 2.45) is 0 Å². The van der Waals surface area contributed by atoms with Crippen LogP contribution in [-0.4, -0.2) is 29.7 Å². The van der Waals surface area contributed by atoms with E-state index in [1.807, 2.05) is 0 Å². The Morgan fingerprint density at radius 2 is 2.05 bits per heavy atom. The average molecular weight is 291 g/mol. The molecule has 0 spiro atoms. The lowest BCUT2D eigenvalue weighted by Gasteiger charge is -2.22. The zero-order valence-corrected chi connectivity index (χ0v) is 12.2. The fraction of sp³-hybridized carbons (Fsp3) is 0.500. The van der Waals surface area contributed by atoms with Gasteiger partial charge in [-0.2, -0.15) is 0 Å². The Hall–Kier alpha value is -1.88. The molecule has 1 heterocycles. The molecule has 0 bridgehead atoms. The van der Waals surface area contributed by atoms with E-state index in [4.69, 9.17) is 9.84 Å². The normalized spacial score (nSPS) is 19.8. The molecule has 1 aliphatic rings. The molecule has 0 aromatic heterocycles. The lowest BCUT2D eigenvalue weighted by Crippen LogP contribution is -2.25. The van der Waals surface area contributed by atoms with Crippen molar-refractivity contribution in [1.82, 2.24) is 0 Å². The SMILES string of the molecule is CC(C(=O)O)c1ccc(NC(=O)CC2CCCCO2)cc1. The van der Waals surface area contributed by atoms with Crippen LogP contribution in [0.4, 0.5) is 5.69 Å². The van der Waals surface area contributed by atoms with Gasteiger partial charge in [-0.25, -0.2) is 0 Å². The Morgan fingerprint density at radius 3 is 2.62 bits per heavy atom. The third kappa shape index (κ3) is 4.56. The Labute approximate surface area is 124 Å². The van der Waals surface area contributed by atoms with Crippen molar-refractivity contribution in [3.05, 3.63) is 29.8 Å². The number of hydrogen-bond donors (Lipinski definition) is 2. The van der Waals surface area contributed by atoms with Gasteiger partial charge in [0.05, 0.1) is 18.4 Å². The van der Waals surface area contributed by atoms with Crippen LogP contribution < -0.4 is 5.32 Å². The molecule has 1 aliphatic heterocycles. The number of ether oxygens (including phenoxy) is 1. The fourth-order valence-corrected chi connectivity index (χ4v) is 2.38. The molecule has 0 aliphatic carbocycles. The molecule has 2 atom stereocenters. The number of anilines is 1. The average Bonchev–Trinajstić information content (AvgIpc) is 2.48. The fourth-order valence-electron chi connectivity index (χ4n) is 2.38. The minimum absolute atomic E-state index is 0.0186. The van der Waals surface area contributed by atoms with Crippen LogP contribution in [0.15, 0.2) is 24.3 Å². The van der Waals surface area contributed by atoms with Gasteiger partial charge in [-0.3, -0.25) is 9.59 Å². The van der Waals surface area contributed by atoms with Gasteiger partial charge in [0, 0.05) is 12.3 Å². The summed E-state index contributed by atoms with van der Waals surface area (Å²) in [5, 5.41) is 11.8. The highest BCUT2D eigenvalue weighted by Gasteiger charge is 2.18. The summed E-state index contributed by atoms with van der Waals surface area (Å²) in [6, 6.07) is 6.92. The van der Waals surface area contributed by atoms with Crippen LogP contribution in [0.1, 0.15) is 44.1 Å². The van der Waals surface area contributed by atoms with Crippen molar-refractivity contribution in [2.75, 3.05) is 11.9 Å². The highest BCUT2D eigenvalue weighted by molar-refractivity contribution is 5.91. The predicted octanol–water partition coefficient (Wildman–Crippen LogP) is 2.77. The van der Waals surface area contributed by atoms with Gasteiger partial charge in [0.25, 0.3) is 0 Å². The molecule has 1 saturated heterocycles. The number of rotatable bonds is 5. The van der Waals surface area contributed by atoms with Crippen LogP contribution in [0.3, 0.4) is 0 Å². The number of amides is 1. The van der Waals surface area contributed by atoms with Gasteiger partial charge in [-0.15, -0.1) is 0 Å². The third-order valence-electron chi connectivity index (χ3n) is 3.75. The first-order valence-corrected chi connectivity index (χ1v) is 7.30. The Kier molecular flexibility index (Phi) is 5.33. The molecular formula is C16H21NO4. The summed E-state index contributed by atoms with van der Waals surface area (Å²) in [5.41, 5.74) is 1.40. The summed E-state index contributed by atoms with van der Waals surface area (Å²) in [5.74, 6) is -1.48. The minimum Gasteiger partial charge on any atom is -0.481 e. The molecule has 5 heteroatoms. The number of carboxylic acid groups (broad SMARTS) is 1. The van der Waals surface area contributed by atoms with E-state index in [9.17, 15) is 9.59 Å². The summed E-state index contributed by atoms with van der Waals surface area (Å²) in [6.07, 6.45) is 3.50. The van der Waals surface area contributed by atoms with E-state index >= 15 is 0 Å². The van der Waals surface area contributed by atoms with Crippen LogP contribution in [0.5, 0.6) is 0 Å². The summed E-state index contributed by atoms with van der Waals surface area (Å²) in [6.45, 7) is 2.37. The lowest BCUT2D eigenvalue weighted by molar-refractivity contribution is -0.138. The molecule has 21 heavy (non-hydrogen) atoms. The summed E-state index contributed by atoms with van der Waals surface area (Å²) in [4.78, 5) is 22.8. The summed E-state index contributed by atoms with van der Waals surface area (Å²) < 4.78 is 5.54. The zero-order chi connectivity index (χ0) is 15.2. The first-order chi connectivity index (χ1) is 10.1. The van der Waals surface area contributed by atoms with E-state index in [1.165, 1.54) is 0 Å². The molecule has 0 saturated carbocycles. The van der Waals surface area contributed by atoms with Crippen LogP contribution in [-0.2, 0) is 14.3 Å². The molecule has 0 radical (unpaired) electrons. The topological polar surface area (TPSA) is 75.6 Å². The molecule has 2 unspecified atom stereocenters. The second-order valence-electron chi connectivity index (χ2n) is 5.42. The molecule has 2 rings (SSSR count). The first kappa shape index (κ1) is 15.5. The maximum absolute atomic E-state index is 11.9. The molecule has 114 valence electrons. The number of benzene rings is 1. The number of carbonyl (C=O) groups is 2. The van der Waals surface area contributed by atoms with Gasteiger partial charge in [0.2, 0.25) is 5.91 Å². The summed E-state index contributed by atoms with van der Waals surface area (Å²) >= 11 is 0. The van der Waals surface area contributed by atoms with Gasteiger partial charge in [-0.05, 0) is 43.9 Å². The number of aliphatic carboxylic acids is 1. The molecule has 1 aromatic rings. The molecular weight excluding hydrogens is 270 g/mol. The van der Waals surface area contributed by atoms with Gasteiger partial charge >= 0.3 is 5.97 Å². The lowest BCUT2D eigenvalue weighted by atomic mass is 10.0. The van der Waals surface area contributed by atoms with Gasteiger partial charge < -0.3 is 15.2 Å². The van der Waals surface area contributed by atoms with Gasteiger partial charge in [0.1, 0.15) is 0 Å². The van der Waals surface area contributed by atoms with Crippen molar-refractivity contribution >= 4 is 17.6 Å². The van der Waals surface area contributed by atoms with E-state index in [0.29, 0.717) is 12.1 Å². The second kappa shape index (κ2) is 7.22. The quantitative estimate of drug-likeness (QED) is 0.874. The van der Waals surface area contributed by atoms with E-state index < -0.39 is 11.9 Å². The first-order valence-electron chi connectivity index (χ1n) is 7.30. The molecule has 5 nitrogen and oxygen atoms in total. The van der Waals surface area contributed by atoms with E-state index in [-0.39, 0.29) is 12.0 Å². The van der Waals surface area contributed by atoms with E-state index in [2.05, 4.69) is 5.32 Å². The van der Waals surface area contributed by atoms with Crippen molar-refractivity contribution in [1.29, 1.82) is 0 Å². The highest BCUT2D eigenvalue weighted by Crippen LogP contribution is 2.19. The summed E-state index contributed by atoms with van der Waals surface area (Å²) in [7, 11) is 0. The van der Waals surface area contributed by atoms with Gasteiger partial charge in [0.15, 0.2) is 0 Å². The minimum atomic E-state index is -0.860. The Balaban J connectivity index is 1.87. The van der Waals surface area contributed by atoms with E-state index in [1.54, 1.807) is 31.2 Å².